The molecule has 1 spiro atoms. The maximum Gasteiger partial charge on any atom is 0.513 e. The Hall–Kier alpha value is -2.78. The number of carbonyl (C=O) groups excluding carboxylic acids is 2. The van der Waals surface area contributed by atoms with Crippen molar-refractivity contribution in [2.75, 3.05) is 38.8 Å². The third-order valence-corrected chi connectivity index (χ3v) is 7.28. The van der Waals surface area contributed by atoms with E-state index >= 15 is 0 Å². The molecule has 1 amide bonds. The molecule has 0 radical (unpaired) electrons. The first-order valence-corrected chi connectivity index (χ1v) is 12.8. The molecule has 0 unspecified atom stereocenters. The lowest BCUT2D eigenvalue weighted by molar-refractivity contribution is -0.150. The van der Waals surface area contributed by atoms with Crippen LogP contribution in [0.25, 0.3) is 5.57 Å². The number of benzene rings is 2. The van der Waals surface area contributed by atoms with Crippen LogP contribution in [0.15, 0.2) is 36.1 Å². The van der Waals surface area contributed by atoms with Gasteiger partial charge >= 0.3 is 6.16 Å². The van der Waals surface area contributed by atoms with Gasteiger partial charge in [0, 0.05) is 29.2 Å². The predicted molar refractivity (Wildman–Crippen MR) is 142 cm³/mol. The Kier molecular flexibility index (Phi) is 8.04. The molecule has 0 atom stereocenters. The average molecular weight is 549 g/mol. The molecule has 2 aromatic carbocycles. The molecule has 8 nitrogen and oxygen atoms in total. The number of hydroxylamine groups is 2. The maximum absolute atomic E-state index is 14.5. The number of anilines is 1. The molecule has 4 rings (SSSR count). The van der Waals surface area contributed by atoms with Gasteiger partial charge in [-0.3, -0.25) is 9.69 Å². The highest BCUT2D eigenvalue weighted by atomic mass is 35.5. The van der Waals surface area contributed by atoms with E-state index < -0.39 is 11.7 Å². The van der Waals surface area contributed by atoms with E-state index in [2.05, 4.69) is 0 Å². The van der Waals surface area contributed by atoms with E-state index in [1.54, 1.807) is 49.3 Å². The molecule has 2 aliphatic rings. The number of carbonyl (C=O) groups is 2. The van der Waals surface area contributed by atoms with Crippen LogP contribution in [0, 0.1) is 13.8 Å². The topological polar surface area (TPSA) is 77.5 Å². The van der Waals surface area contributed by atoms with Crippen LogP contribution in [0.2, 0.25) is 10.0 Å². The van der Waals surface area contributed by atoms with Gasteiger partial charge in [0.15, 0.2) is 5.76 Å². The second-order valence-corrected chi connectivity index (χ2v) is 9.91. The largest absolute Gasteiger partial charge is 0.513 e. The van der Waals surface area contributed by atoms with Crippen molar-refractivity contribution in [3.05, 3.63) is 62.8 Å². The van der Waals surface area contributed by atoms with Crippen molar-refractivity contribution in [2.45, 2.75) is 39.2 Å². The molecule has 0 bridgehead atoms. The SMILES string of the molecule is CCOC(=O)OC1=C(c2c(C)cc(Cl)cc2C)C(=O)N(c2cc(Cl)cc(OC)c2)C12CCN(OC)CC2. The lowest BCUT2D eigenvalue weighted by Crippen LogP contribution is -2.55. The van der Waals surface area contributed by atoms with Gasteiger partial charge in [0.2, 0.25) is 0 Å². The van der Waals surface area contributed by atoms with Crippen LogP contribution in [0.4, 0.5) is 10.5 Å². The van der Waals surface area contributed by atoms with E-state index in [1.165, 1.54) is 7.11 Å². The zero-order chi connectivity index (χ0) is 26.9. The molecule has 198 valence electrons. The summed E-state index contributed by atoms with van der Waals surface area (Å²) in [5.41, 5.74) is 2.07. The van der Waals surface area contributed by atoms with Crippen molar-refractivity contribution in [1.29, 1.82) is 0 Å². The fraction of sp³-hybridized carbons (Fsp3) is 0.407. The van der Waals surface area contributed by atoms with Crippen LogP contribution in [-0.4, -0.2) is 56.6 Å². The Bertz CT molecular complexity index is 1230. The second kappa shape index (κ2) is 10.9. The van der Waals surface area contributed by atoms with Gasteiger partial charge in [0.1, 0.15) is 11.3 Å². The van der Waals surface area contributed by atoms with Gasteiger partial charge in [0.25, 0.3) is 5.91 Å². The third kappa shape index (κ3) is 5.03. The summed E-state index contributed by atoms with van der Waals surface area (Å²) >= 11 is 12.7. The molecule has 0 aliphatic carbocycles. The number of piperidine rings is 1. The van der Waals surface area contributed by atoms with E-state index in [9.17, 15) is 9.59 Å². The molecule has 1 saturated heterocycles. The number of hydrogen-bond donors (Lipinski definition) is 0. The van der Waals surface area contributed by atoms with Crippen LogP contribution in [-0.2, 0) is 19.1 Å². The van der Waals surface area contributed by atoms with Gasteiger partial charge in [-0.05, 0) is 74.6 Å². The molecule has 0 aromatic heterocycles. The van der Waals surface area contributed by atoms with Crippen LogP contribution >= 0.6 is 23.2 Å². The Morgan fingerprint density at radius 2 is 1.62 bits per heavy atom. The quantitative estimate of drug-likeness (QED) is 0.413. The monoisotopic (exact) mass is 548 g/mol. The third-order valence-electron chi connectivity index (χ3n) is 6.85. The van der Waals surface area contributed by atoms with Crippen molar-refractivity contribution < 1.29 is 28.6 Å². The molecule has 10 heteroatoms. The Morgan fingerprint density at radius 3 is 2.19 bits per heavy atom. The van der Waals surface area contributed by atoms with Gasteiger partial charge in [0.05, 0.1) is 32.1 Å². The van der Waals surface area contributed by atoms with E-state index in [1.807, 2.05) is 18.9 Å². The highest BCUT2D eigenvalue weighted by Crippen LogP contribution is 2.51. The van der Waals surface area contributed by atoms with Crippen molar-refractivity contribution in [3.63, 3.8) is 0 Å². The predicted octanol–water partition coefficient (Wildman–Crippen LogP) is 5.95. The number of aryl methyl sites for hydroxylation is 2. The van der Waals surface area contributed by atoms with Crippen LogP contribution in [0.3, 0.4) is 0 Å². The van der Waals surface area contributed by atoms with Crippen molar-refractivity contribution in [1.82, 2.24) is 5.06 Å². The summed E-state index contributed by atoms with van der Waals surface area (Å²) in [5.74, 6) is 0.433. The van der Waals surface area contributed by atoms with Crippen molar-refractivity contribution >= 4 is 46.5 Å². The van der Waals surface area contributed by atoms with Crippen molar-refractivity contribution in [2.24, 2.45) is 0 Å². The molecular weight excluding hydrogens is 519 g/mol. The molecular formula is C27H30Cl2N2O6. The molecule has 0 N–H and O–H groups in total. The Labute approximate surface area is 226 Å². The standard InChI is InChI=1S/C27H30Cl2N2O6/c1-6-36-26(33)37-24-23(22-16(2)11-18(28)12-17(22)3)25(32)31(20-13-19(29)14-21(15-20)34-4)27(24)7-9-30(35-5)10-8-27/h11-15H,6-10H2,1-5H3. The van der Waals surface area contributed by atoms with Crippen molar-refractivity contribution in [3.8, 4) is 5.75 Å². The smallest absolute Gasteiger partial charge is 0.497 e. The van der Waals surface area contributed by atoms with Crippen LogP contribution < -0.4 is 9.64 Å². The summed E-state index contributed by atoms with van der Waals surface area (Å²) in [6, 6.07) is 8.71. The first-order valence-electron chi connectivity index (χ1n) is 12.0. The lowest BCUT2D eigenvalue weighted by atomic mass is 9.84. The Balaban J connectivity index is 2.00. The molecule has 0 saturated carbocycles. The van der Waals surface area contributed by atoms with Crippen LogP contribution in [0.5, 0.6) is 5.75 Å². The minimum Gasteiger partial charge on any atom is -0.497 e. The summed E-state index contributed by atoms with van der Waals surface area (Å²) in [6.45, 7) is 6.58. The summed E-state index contributed by atoms with van der Waals surface area (Å²) in [4.78, 5) is 34.3. The summed E-state index contributed by atoms with van der Waals surface area (Å²) in [6.07, 6.45) is 0.00238. The van der Waals surface area contributed by atoms with E-state index in [-0.39, 0.29) is 18.3 Å². The second-order valence-electron chi connectivity index (χ2n) is 9.04. The number of ether oxygens (including phenoxy) is 3. The number of methoxy groups -OCH3 is 1. The first-order chi connectivity index (χ1) is 17.6. The van der Waals surface area contributed by atoms with Gasteiger partial charge < -0.3 is 19.0 Å². The molecule has 2 heterocycles. The van der Waals surface area contributed by atoms with Gasteiger partial charge in [-0.2, -0.15) is 5.06 Å². The van der Waals surface area contributed by atoms with E-state index in [0.29, 0.717) is 58.5 Å². The lowest BCUT2D eigenvalue weighted by Gasteiger charge is -2.44. The van der Waals surface area contributed by atoms with E-state index in [0.717, 1.165) is 11.1 Å². The fourth-order valence-electron chi connectivity index (χ4n) is 5.29. The van der Waals surface area contributed by atoms with Gasteiger partial charge in [-0.25, -0.2) is 4.79 Å². The minimum absolute atomic E-state index is 0.133. The first kappa shape index (κ1) is 27.3. The van der Waals surface area contributed by atoms with Gasteiger partial charge in [-0.1, -0.05) is 23.2 Å². The summed E-state index contributed by atoms with van der Waals surface area (Å²) in [5, 5.41) is 2.77. The molecule has 2 aliphatic heterocycles. The number of rotatable bonds is 6. The molecule has 1 fully saturated rings. The van der Waals surface area contributed by atoms with Gasteiger partial charge in [-0.15, -0.1) is 0 Å². The molecule has 37 heavy (non-hydrogen) atoms. The number of halogens is 2. The zero-order valence-corrected chi connectivity index (χ0v) is 23.0. The number of amides is 1. The Morgan fingerprint density at radius 1 is 1.00 bits per heavy atom. The fourth-order valence-corrected chi connectivity index (χ4v) is 5.83. The minimum atomic E-state index is -0.998. The summed E-state index contributed by atoms with van der Waals surface area (Å²) in [7, 11) is 3.14. The number of hydrogen-bond acceptors (Lipinski definition) is 7. The maximum atomic E-state index is 14.5. The number of nitrogens with zero attached hydrogens (tertiary/aromatic N) is 2. The average Bonchev–Trinajstić information content (AvgIpc) is 3.06. The van der Waals surface area contributed by atoms with E-state index in [4.69, 9.17) is 42.3 Å². The normalized spacial score (nSPS) is 17.5. The van der Waals surface area contributed by atoms with Crippen LogP contribution in [0.1, 0.15) is 36.5 Å². The summed E-state index contributed by atoms with van der Waals surface area (Å²) < 4.78 is 16.5. The molecule has 2 aromatic rings. The highest BCUT2D eigenvalue weighted by molar-refractivity contribution is 6.34. The highest BCUT2D eigenvalue weighted by Gasteiger charge is 2.56. The zero-order valence-electron chi connectivity index (χ0n) is 21.5.